The highest BCUT2D eigenvalue weighted by atomic mass is 35.5. The summed E-state index contributed by atoms with van der Waals surface area (Å²) in [5.41, 5.74) is 0. The number of hydrogen-bond acceptors (Lipinski definition) is 3. The molecule has 0 radical (unpaired) electrons. The number of hydrogen-bond donors (Lipinski definition) is 0. The maximum absolute atomic E-state index is 5.86. The van der Waals surface area contributed by atoms with Crippen molar-refractivity contribution in [2.24, 2.45) is 5.92 Å². The van der Waals surface area contributed by atoms with Gasteiger partial charge in [0.15, 0.2) is 5.82 Å². The molecule has 14 heavy (non-hydrogen) atoms. The largest absolute Gasteiger partial charge is 0.338 e. The van der Waals surface area contributed by atoms with E-state index in [2.05, 4.69) is 17.1 Å². The lowest BCUT2D eigenvalue weighted by Crippen LogP contribution is -2.04. The molecule has 0 aliphatic heterocycles. The Bertz CT molecular complexity index is 311. The molecule has 0 bridgehead atoms. The Morgan fingerprint density at radius 1 is 1.50 bits per heavy atom. The molecule has 2 rings (SSSR count). The van der Waals surface area contributed by atoms with E-state index >= 15 is 0 Å². The zero-order chi connectivity index (χ0) is 10.1. The second-order valence-corrected chi connectivity index (χ2v) is 4.78. The van der Waals surface area contributed by atoms with Gasteiger partial charge in [-0.2, -0.15) is 4.98 Å². The van der Waals surface area contributed by atoms with Crippen LogP contribution in [-0.4, -0.2) is 10.1 Å². The summed E-state index contributed by atoms with van der Waals surface area (Å²) in [6, 6.07) is 0. The topological polar surface area (TPSA) is 38.9 Å². The molecule has 0 amide bonds. The molecule has 3 unspecified atom stereocenters. The van der Waals surface area contributed by atoms with Crippen molar-refractivity contribution < 1.29 is 4.52 Å². The van der Waals surface area contributed by atoms with Crippen molar-refractivity contribution in [3.05, 3.63) is 11.7 Å². The summed E-state index contributed by atoms with van der Waals surface area (Å²) in [6.45, 7) is 4.09. The zero-order valence-electron chi connectivity index (χ0n) is 8.53. The summed E-state index contributed by atoms with van der Waals surface area (Å²) in [5.74, 6) is 2.53. The van der Waals surface area contributed by atoms with Gasteiger partial charge in [0.2, 0.25) is 5.89 Å². The Labute approximate surface area is 88.8 Å². The molecule has 1 aromatic rings. The lowest BCUT2D eigenvalue weighted by molar-refractivity contribution is 0.365. The molecule has 0 saturated heterocycles. The van der Waals surface area contributed by atoms with E-state index < -0.39 is 0 Å². The molecule has 0 aromatic carbocycles. The highest BCUT2D eigenvalue weighted by Crippen LogP contribution is 2.38. The fourth-order valence-electron chi connectivity index (χ4n) is 2.09. The van der Waals surface area contributed by atoms with E-state index in [1.807, 2.05) is 6.92 Å². The van der Waals surface area contributed by atoms with Crippen LogP contribution in [0.2, 0.25) is 0 Å². The maximum Gasteiger partial charge on any atom is 0.244 e. The molecule has 1 aliphatic carbocycles. The summed E-state index contributed by atoms with van der Waals surface area (Å²) < 4.78 is 5.09. The summed E-state index contributed by atoms with van der Waals surface area (Å²) in [4.78, 5) is 4.33. The molecule has 0 N–H and O–H groups in total. The molecule has 3 nitrogen and oxygen atoms in total. The Balaban J connectivity index is 2.16. The van der Waals surface area contributed by atoms with Crippen LogP contribution in [-0.2, 0) is 0 Å². The SMILES string of the molecule is CC(Cl)c1nc(C2CCCC2C)no1. The standard InChI is InChI=1S/C10H15ClN2O/c1-6-4-3-5-8(6)9-12-10(7(2)11)14-13-9/h6-8H,3-5H2,1-2H3. The fourth-order valence-corrected chi connectivity index (χ4v) is 2.18. The van der Waals surface area contributed by atoms with Crippen LogP contribution in [0.1, 0.15) is 56.1 Å². The summed E-state index contributed by atoms with van der Waals surface area (Å²) in [6.07, 6.45) is 3.72. The average molecular weight is 215 g/mol. The predicted octanol–water partition coefficient (Wildman–Crippen LogP) is 3.27. The van der Waals surface area contributed by atoms with E-state index in [1.54, 1.807) is 0 Å². The van der Waals surface area contributed by atoms with Gasteiger partial charge in [-0.15, -0.1) is 11.6 Å². The first-order valence-electron chi connectivity index (χ1n) is 5.16. The number of halogens is 1. The Hall–Kier alpha value is -0.570. The van der Waals surface area contributed by atoms with Gasteiger partial charge < -0.3 is 4.52 Å². The van der Waals surface area contributed by atoms with Crippen LogP contribution in [0.25, 0.3) is 0 Å². The lowest BCUT2D eigenvalue weighted by Gasteiger charge is -2.08. The highest BCUT2D eigenvalue weighted by Gasteiger charge is 2.29. The Kier molecular flexibility index (Phi) is 2.77. The van der Waals surface area contributed by atoms with Crippen molar-refractivity contribution in [1.29, 1.82) is 0 Å². The normalized spacial score (nSPS) is 29.4. The van der Waals surface area contributed by atoms with Crippen LogP contribution >= 0.6 is 11.6 Å². The van der Waals surface area contributed by atoms with Gasteiger partial charge in [0.05, 0.1) is 0 Å². The fraction of sp³-hybridized carbons (Fsp3) is 0.800. The van der Waals surface area contributed by atoms with Gasteiger partial charge >= 0.3 is 0 Å². The van der Waals surface area contributed by atoms with E-state index in [1.165, 1.54) is 19.3 Å². The second kappa shape index (κ2) is 3.89. The average Bonchev–Trinajstić information content (AvgIpc) is 2.71. The zero-order valence-corrected chi connectivity index (χ0v) is 9.29. The van der Waals surface area contributed by atoms with E-state index in [0.717, 1.165) is 5.82 Å². The molecular weight excluding hydrogens is 200 g/mol. The first-order valence-corrected chi connectivity index (χ1v) is 5.59. The third-order valence-electron chi connectivity index (χ3n) is 2.99. The second-order valence-electron chi connectivity index (χ2n) is 4.12. The molecule has 1 fully saturated rings. The smallest absolute Gasteiger partial charge is 0.244 e. The molecule has 1 saturated carbocycles. The van der Waals surface area contributed by atoms with Crippen molar-refractivity contribution in [3.8, 4) is 0 Å². The molecule has 1 heterocycles. The van der Waals surface area contributed by atoms with Crippen LogP contribution < -0.4 is 0 Å². The van der Waals surface area contributed by atoms with Crippen molar-refractivity contribution in [2.75, 3.05) is 0 Å². The summed E-state index contributed by atoms with van der Waals surface area (Å²) in [5, 5.41) is 3.81. The van der Waals surface area contributed by atoms with Gasteiger partial charge in [-0.25, -0.2) is 0 Å². The molecular formula is C10H15ClN2O. The van der Waals surface area contributed by atoms with Crippen LogP contribution in [0.4, 0.5) is 0 Å². The Morgan fingerprint density at radius 2 is 2.29 bits per heavy atom. The van der Waals surface area contributed by atoms with Crippen molar-refractivity contribution in [2.45, 2.75) is 44.4 Å². The molecule has 1 aliphatic rings. The first-order chi connectivity index (χ1) is 6.68. The minimum Gasteiger partial charge on any atom is -0.338 e. The minimum atomic E-state index is -0.187. The lowest BCUT2D eigenvalue weighted by atomic mass is 9.98. The van der Waals surface area contributed by atoms with Crippen LogP contribution in [0, 0.1) is 5.92 Å². The summed E-state index contributed by atoms with van der Waals surface area (Å²) >= 11 is 5.86. The highest BCUT2D eigenvalue weighted by molar-refractivity contribution is 6.20. The quantitative estimate of drug-likeness (QED) is 0.710. The van der Waals surface area contributed by atoms with Crippen molar-refractivity contribution in [1.82, 2.24) is 10.1 Å². The summed E-state index contributed by atoms with van der Waals surface area (Å²) in [7, 11) is 0. The molecule has 1 aromatic heterocycles. The van der Waals surface area contributed by atoms with E-state index in [4.69, 9.17) is 16.1 Å². The first kappa shape index (κ1) is 9.97. The monoisotopic (exact) mass is 214 g/mol. The van der Waals surface area contributed by atoms with E-state index in [0.29, 0.717) is 17.7 Å². The number of rotatable bonds is 2. The molecule has 4 heteroatoms. The van der Waals surface area contributed by atoms with Gasteiger partial charge in [-0.05, 0) is 25.7 Å². The van der Waals surface area contributed by atoms with Crippen molar-refractivity contribution in [3.63, 3.8) is 0 Å². The van der Waals surface area contributed by atoms with Crippen molar-refractivity contribution >= 4 is 11.6 Å². The van der Waals surface area contributed by atoms with Gasteiger partial charge in [0.25, 0.3) is 0 Å². The third kappa shape index (κ3) is 1.78. The van der Waals surface area contributed by atoms with Gasteiger partial charge in [-0.1, -0.05) is 18.5 Å². The van der Waals surface area contributed by atoms with Gasteiger partial charge in [0.1, 0.15) is 5.38 Å². The number of aromatic nitrogens is 2. The van der Waals surface area contributed by atoms with E-state index in [9.17, 15) is 0 Å². The number of nitrogens with zero attached hydrogens (tertiary/aromatic N) is 2. The van der Waals surface area contributed by atoms with E-state index in [-0.39, 0.29) is 5.38 Å². The molecule has 0 spiro atoms. The maximum atomic E-state index is 5.86. The third-order valence-corrected chi connectivity index (χ3v) is 3.18. The molecule has 3 atom stereocenters. The van der Waals surface area contributed by atoms with Gasteiger partial charge in [-0.3, -0.25) is 0 Å². The van der Waals surface area contributed by atoms with Crippen LogP contribution in [0.3, 0.4) is 0 Å². The van der Waals surface area contributed by atoms with Crippen LogP contribution in [0.15, 0.2) is 4.52 Å². The molecule has 78 valence electrons. The minimum absolute atomic E-state index is 0.187. The van der Waals surface area contributed by atoms with Gasteiger partial charge in [0, 0.05) is 5.92 Å². The van der Waals surface area contributed by atoms with Crippen LogP contribution in [0.5, 0.6) is 0 Å². The number of alkyl halides is 1. The predicted molar refractivity (Wildman–Crippen MR) is 54.3 cm³/mol. The Morgan fingerprint density at radius 3 is 2.79 bits per heavy atom.